The van der Waals surface area contributed by atoms with Crippen LogP contribution in [0.2, 0.25) is 0 Å². The highest BCUT2D eigenvalue weighted by Crippen LogP contribution is 2.29. The van der Waals surface area contributed by atoms with E-state index in [1.807, 2.05) is 43.5 Å². The average molecular weight is 484 g/mol. The van der Waals surface area contributed by atoms with Gasteiger partial charge in [-0.25, -0.2) is 13.4 Å². The number of sulfonamides is 1. The van der Waals surface area contributed by atoms with Gasteiger partial charge in [-0.2, -0.15) is 0 Å². The number of amides is 1. The largest absolute Gasteiger partial charge is 0.347 e. The molecule has 0 radical (unpaired) electrons. The number of aromatic nitrogens is 1. The number of thiazole rings is 1. The minimum atomic E-state index is -3.74. The van der Waals surface area contributed by atoms with Crippen LogP contribution in [-0.4, -0.2) is 19.3 Å². The lowest BCUT2D eigenvalue weighted by atomic mass is 10.2. The van der Waals surface area contributed by atoms with Gasteiger partial charge >= 0.3 is 0 Å². The van der Waals surface area contributed by atoms with E-state index in [0.717, 1.165) is 26.0 Å². The smallest absolute Gasteiger partial charge is 0.261 e. The number of anilines is 1. The fourth-order valence-electron chi connectivity index (χ4n) is 3.03. The molecule has 0 aliphatic carbocycles. The summed E-state index contributed by atoms with van der Waals surface area (Å²) in [6.45, 7) is 4.19. The van der Waals surface area contributed by atoms with E-state index >= 15 is 0 Å². The van der Waals surface area contributed by atoms with Crippen LogP contribution in [0.1, 0.15) is 25.8 Å². The zero-order valence-electron chi connectivity index (χ0n) is 17.5. The second-order valence-corrected chi connectivity index (χ2v) is 11.1. The first-order valence-electron chi connectivity index (χ1n) is 9.80. The Morgan fingerprint density at radius 3 is 2.44 bits per heavy atom. The molecule has 0 saturated carbocycles. The molecule has 2 heterocycles. The van der Waals surface area contributed by atoms with Gasteiger partial charge < -0.3 is 5.32 Å². The number of benzene rings is 2. The van der Waals surface area contributed by atoms with E-state index in [1.54, 1.807) is 34.8 Å². The first-order valence-corrected chi connectivity index (χ1v) is 13.0. The van der Waals surface area contributed by atoms with Gasteiger partial charge in [0.05, 0.1) is 32.7 Å². The quantitative estimate of drug-likeness (QED) is 0.377. The van der Waals surface area contributed by atoms with Crippen LogP contribution in [0.4, 0.5) is 5.69 Å². The summed E-state index contributed by atoms with van der Waals surface area (Å²) >= 11 is 3.19. The SMILES string of the molecule is Cc1nc(-c2ccc(CNC(=O)c3ccc(S(=O)(=O)Nc4ccccc4C)cc3)s2)cs1. The van der Waals surface area contributed by atoms with Gasteiger partial charge in [-0.1, -0.05) is 18.2 Å². The zero-order chi connectivity index (χ0) is 22.7. The number of para-hydroxylation sites is 1. The highest BCUT2D eigenvalue weighted by molar-refractivity contribution is 7.92. The Morgan fingerprint density at radius 2 is 1.75 bits per heavy atom. The number of nitrogens with one attached hydrogen (secondary N) is 2. The Labute approximate surface area is 195 Å². The molecule has 1 amide bonds. The third-order valence-corrected chi connectivity index (χ3v) is 8.04. The molecule has 0 unspecified atom stereocenters. The van der Waals surface area contributed by atoms with Crippen molar-refractivity contribution >= 4 is 44.3 Å². The molecule has 0 aliphatic rings. The van der Waals surface area contributed by atoms with Gasteiger partial charge in [0.1, 0.15) is 0 Å². The van der Waals surface area contributed by atoms with E-state index in [9.17, 15) is 13.2 Å². The Bertz CT molecular complexity index is 1360. The number of aryl methyl sites for hydroxylation is 2. The number of thiophene rings is 1. The van der Waals surface area contributed by atoms with Gasteiger partial charge in [-0.3, -0.25) is 9.52 Å². The second-order valence-electron chi connectivity index (χ2n) is 7.15. The van der Waals surface area contributed by atoms with Crippen LogP contribution in [0.3, 0.4) is 0 Å². The molecule has 2 aromatic heterocycles. The summed E-state index contributed by atoms with van der Waals surface area (Å²) in [7, 11) is -3.74. The molecule has 2 N–H and O–H groups in total. The van der Waals surface area contributed by atoms with Crippen LogP contribution in [0.25, 0.3) is 10.6 Å². The van der Waals surface area contributed by atoms with E-state index in [4.69, 9.17) is 0 Å². The lowest BCUT2D eigenvalue weighted by Gasteiger charge is -2.11. The highest BCUT2D eigenvalue weighted by atomic mass is 32.2. The van der Waals surface area contributed by atoms with Crippen molar-refractivity contribution in [3.63, 3.8) is 0 Å². The minimum absolute atomic E-state index is 0.0961. The fourth-order valence-corrected chi connectivity index (χ4v) is 5.76. The van der Waals surface area contributed by atoms with Gasteiger partial charge in [-0.05, 0) is 61.9 Å². The van der Waals surface area contributed by atoms with Crippen molar-refractivity contribution in [2.24, 2.45) is 0 Å². The van der Waals surface area contributed by atoms with Crippen molar-refractivity contribution in [2.45, 2.75) is 25.3 Å². The lowest BCUT2D eigenvalue weighted by molar-refractivity contribution is 0.0951. The van der Waals surface area contributed by atoms with Gasteiger partial charge in [0.25, 0.3) is 15.9 Å². The standard InChI is InChI=1S/C23H21N3O3S3/c1-15-5-3-4-6-20(15)26-32(28,29)19-10-7-17(8-11-19)23(27)24-13-18-9-12-22(31-18)21-14-30-16(2)25-21/h3-12,14,26H,13H2,1-2H3,(H,24,27). The van der Waals surface area contributed by atoms with Gasteiger partial charge in [0.2, 0.25) is 0 Å². The maximum Gasteiger partial charge on any atom is 0.261 e. The van der Waals surface area contributed by atoms with Crippen molar-refractivity contribution in [1.82, 2.24) is 10.3 Å². The van der Waals surface area contributed by atoms with Crippen LogP contribution >= 0.6 is 22.7 Å². The van der Waals surface area contributed by atoms with Crippen molar-refractivity contribution in [1.29, 1.82) is 0 Å². The molecule has 32 heavy (non-hydrogen) atoms. The first kappa shape index (κ1) is 22.2. The number of hydrogen-bond acceptors (Lipinski definition) is 6. The first-order chi connectivity index (χ1) is 15.3. The molecule has 4 aromatic rings. The Hall–Kier alpha value is -3.01. The summed E-state index contributed by atoms with van der Waals surface area (Å²) < 4.78 is 27.9. The second kappa shape index (κ2) is 9.23. The zero-order valence-corrected chi connectivity index (χ0v) is 19.9. The molecule has 4 rings (SSSR count). The minimum Gasteiger partial charge on any atom is -0.347 e. The van der Waals surface area contributed by atoms with E-state index in [-0.39, 0.29) is 10.8 Å². The van der Waals surface area contributed by atoms with Crippen LogP contribution in [0.5, 0.6) is 0 Å². The molecule has 0 aliphatic heterocycles. The summed E-state index contributed by atoms with van der Waals surface area (Å²) in [5.41, 5.74) is 2.70. The molecular weight excluding hydrogens is 462 g/mol. The van der Waals surface area contributed by atoms with Gasteiger partial charge in [0, 0.05) is 15.8 Å². The molecular formula is C23H21N3O3S3. The molecule has 0 spiro atoms. The fraction of sp³-hybridized carbons (Fsp3) is 0.130. The van der Waals surface area contributed by atoms with E-state index < -0.39 is 10.0 Å². The van der Waals surface area contributed by atoms with Crippen molar-refractivity contribution in [2.75, 3.05) is 4.72 Å². The summed E-state index contributed by atoms with van der Waals surface area (Å²) in [6.07, 6.45) is 0. The van der Waals surface area contributed by atoms with Crippen molar-refractivity contribution in [3.05, 3.63) is 87.1 Å². The van der Waals surface area contributed by atoms with E-state index in [0.29, 0.717) is 17.8 Å². The molecule has 6 nitrogen and oxygen atoms in total. The van der Waals surface area contributed by atoms with Crippen molar-refractivity contribution in [3.8, 4) is 10.6 Å². The van der Waals surface area contributed by atoms with Crippen LogP contribution in [0, 0.1) is 13.8 Å². The monoisotopic (exact) mass is 483 g/mol. The molecule has 0 bridgehead atoms. The van der Waals surface area contributed by atoms with E-state index in [2.05, 4.69) is 15.0 Å². The number of carbonyl (C=O) groups is 1. The predicted molar refractivity (Wildman–Crippen MR) is 130 cm³/mol. The normalized spacial score (nSPS) is 11.3. The number of hydrogen-bond donors (Lipinski definition) is 2. The summed E-state index contributed by atoms with van der Waals surface area (Å²) in [4.78, 5) is 19.2. The third-order valence-electron chi connectivity index (χ3n) is 4.77. The topological polar surface area (TPSA) is 88.2 Å². The Balaban J connectivity index is 1.39. The van der Waals surface area contributed by atoms with Gasteiger partial charge in [0.15, 0.2) is 0 Å². The number of nitrogens with zero attached hydrogens (tertiary/aromatic N) is 1. The maximum atomic E-state index is 12.7. The predicted octanol–water partition coefficient (Wildman–Crippen LogP) is 5.22. The lowest BCUT2D eigenvalue weighted by Crippen LogP contribution is -2.22. The number of carbonyl (C=O) groups excluding carboxylic acids is 1. The van der Waals surface area contributed by atoms with Crippen LogP contribution in [-0.2, 0) is 16.6 Å². The molecule has 9 heteroatoms. The average Bonchev–Trinajstić information content (AvgIpc) is 3.42. The summed E-state index contributed by atoms with van der Waals surface area (Å²) in [5, 5.41) is 5.92. The van der Waals surface area contributed by atoms with Crippen LogP contribution in [0.15, 0.2) is 70.9 Å². The number of rotatable bonds is 7. The Kier molecular flexibility index (Phi) is 6.40. The van der Waals surface area contributed by atoms with Crippen molar-refractivity contribution < 1.29 is 13.2 Å². The summed E-state index contributed by atoms with van der Waals surface area (Å²) in [5.74, 6) is -0.264. The maximum absolute atomic E-state index is 12.7. The molecule has 0 saturated heterocycles. The van der Waals surface area contributed by atoms with E-state index in [1.165, 1.54) is 24.3 Å². The molecule has 2 aromatic carbocycles. The molecule has 164 valence electrons. The molecule has 0 fully saturated rings. The van der Waals surface area contributed by atoms with Crippen LogP contribution < -0.4 is 10.0 Å². The highest BCUT2D eigenvalue weighted by Gasteiger charge is 2.16. The third kappa shape index (κ3) is 5.07. The Morgan fingerprint density at radius 1 is 1.00 bits per heavy atom. The summed E-state index contributed by atoms with van der Waals surface area (Å²) in [6, 6.07) is 17.0. The molecule has 0 atom stereocenters. The van der Waals surface area contributed by atoms with Gasteiger partial charge in [-0.15, -0.1) is 22.7 Å².